The fraction of sp³-hybridized carbons (Fsp3) is 0.562. The fourth-order valence-corrected chi connectivity index (χ4v) is 3.73. The van der Waals surface area contributed by atoms with Gasteiger partial charge in [0.1, 0.15) is 0 Å². The van der Waals surface area contributed by atoms with Gasteiger partial charge in [0.25, 0.3) is 5.91 Å². The Hall–Kier alpha value is -1.66. The van der Waals surface area contributed by atoms with Gasteiger partial charge in [-0.3, -0.25) is 14.6 Å². The van der Waals surface area contributed by atoms with Crippen molar-refractivity contribution in [2.75, 3.05) is 19.7 Å². The van der Waals surface area contributed by atoms with Crippen molar-refractivity contribution in [3.05, 3.63) is 29.0 Å². The Morgan fingerprint density at radius 3 is 2.70 bits per heavy atom. The summed E-state index contributed by atoms with van der Waals surface area (Å²) in [5, 5.41) is 0.368. The summed E-state index contributed by atoms with van der Waals surface area (Å²) in [4.78, 5) is 29.7. The molecule has 0 bridgehead atoms. The number of aromatic nitrogens is 1. The molecule has 2 saturated heterocycles. The number of carbonyl (C=O) groups excluding carboxylic acids is 2. The van der Waals surface area contributed by atoms with E-state index in [9.17, 15) is 9.59 Å². The highest BCUT2D eigenvalue weighted by Crippen LogP contribution is 2.33. The van der Waals surface area contributed by atoms with Gasteiger partial charge >= 0.3 is 0 Å². The van der Waals surface area contributed by atoms with Crippen molar-refractivity contribution >= 4 is 23.4 Å². The van der Waals surface area contributed by atoms with E-state index >= 15 is 0 Å². The second-order valence-electron chi connectivity index (χ2n) is 6.12. The topological polar surface area (TPSA) is 85.5 Å². The number of halogens is 1. The first-order chi connectivity index (χ1) is 11.1. The zero-order valence-electron chi connectivity index (χ0n) is 12.8. The smallest absolute Gasteiger partial charge is 0.255 e. The van der Waals surface area contributed by atoms with Crippen molar-refractivity contribution in [2.45, 2.75) is 25.4 Å². The van der Waals surface area contributed by atoms with Gasteiger partial charge in [-0.2, -0.15) is 0 Å². The van der Waals surface area contributed by atoms with Crippen molar-refractivity contribution in [1.29, 1.82) is 0 Å². The summed E-state index contributed by atoms with van der Waals surface area (Å²) in [6, 6.07) is 1.64. The lowest BCUT2D eigenvalue weighted by atomic mass is 9.84. The van der Waals surface area contributed by atoms with Gasteiger partial charge in [0.2, 0.25) is 5.91 Å². The highest BCUT2D eigenvalue weighted by atomic mass is 35.5. The molecule has 0 radical (unpaired) electrons. The van der Waals surface area contributed by atoms with Crippen LogP contribution in [0.4, 0.5) is 0 Å². The molecule has 3 rings (SSSR count). The molecular formula is C16H20ClN3O3. The van der Waals surface area contributed by atoms with E-state index in [1.807, 2.05) is 0 Å². The van der Waals surface area contributed by atoms with Crippen LogP contribution < -0.4 is 5.73 Å². The van der Waals surface area contributed by atoms with Gasteiger partial charge in [0.05, 0.1) is 22.6 Å². The average molecular weight is 338 g/mol. The minimum absolute atomic E-state index is 0.0744. The standard InChI is InChI=1S/C16H20ClN3O3/c17-13-9-19-5-1-11(13)16(22)20-6-2-10(3-7-20)14-12(15(18)21)4-8-23-14/h1,5,9-10,12,14H,2-4,6-8H2,(H2,18,21)/t12-,14+/m0/s1. The van der Waals surface area contributed by atoms with E-state index in [4.69, 9.17) is 22.1 Å². The van der Waals surface area contributed by atoms with Crippen LogP contribution in [-0.4, -0.2) is 47.5 Å². The van der Waals surface area contributed by atoms with Crippen LogP contribution in [0.5, 0.6) is 0 Å². The number of rotatable bonds is 3. The molecule has 23 heavy (non-hydrogen) atoms. The number of likely N-dealkylation sites (tertiary alicyclic amines) is 1. The Labute approximate surface area is 139 Å². The molecule has 0 saturated carbocycles. The zero-order chi connectivity index (χ0) is 16.4. The summed E-state index contributed by atoms with van der Waals surface area (Å²) >= 11 is 6.04. The summed E-state index contributed by atoms with van der Waals surface area (Å²) in [5.74, 6) is -0.284. The first kappa shape index (κ1) is 16.2. The minimum atomic E-state index is -0.283. The Bertz CT molecular complexity index is 602. The largest absolute Gasteiger partial charge is 0.377 e. The van der Waals surface area contributed by atoms with E-state index in [2.05, 4.69) is 4.98 Å². The van der Waals surface area contributed by atoms with Crippen LogP contribution in [0.3, 0.4) is 0 Å². The van der Waals surface area contributed by atoms with Crippen LogP contribution in [0, 0.1) is 11.8 Å². The molecular weight excluding hydrogens is 318 g/mol. The lowest BCUT2D eigenvalue weighted by Gasteiger charge is -2.35. The third-order valence-electron chi connectivity index (χ3n) is 4.80. The summed E-state index contributed by atoms with van der Waals surface area (Å²) in [7, 11) is 0. The zero-order valence-corrected chi connectivity index (χ0v) is 13.5. The summed E-state index contributed by atoms with van der Waals surface area (Å²) in [6.45, 7) is 1.85. The van der Waals surface area contributed by atoms with Crippen molar-refractivity contribution in [1.82, 2.24) is 9.88 Å². The van der Waals surface area contributed by atoms with Gasteiger partial charge in [0, 0.05) is 32.1 Å². The van der Waals surface area contributed by atoms with Crippen molar-refractivity contribution < 1.29 is 14.3 Å². The van der Waals surface area contributed by atoms with Gasteiger partial charge < -0.3 is 15.4 Å². The molecule has 1 aromatic heterocycles. The summed E-state index contributed by atoms with van der Waals surface area (Å²) in [5.41, 5.74) is 5.94. The van der Waals surface area contributed by atoms with Crippen molar-refractivity contribution in [3.63, 3.8) is 0 Å². The molecule has 7 heteroatoms. The maximum atomic E-state index is 12.5. The molecule has 0 spiro atoms. The number of hydrogen-bond donors (Lipinski definition) is 1. The van der Waals surface area contributed by atoms with Crippen LogP contribution in [0.1, 0.15) is 29.6 Å². The molecule has 2 amide bonds. The molecule has 2 N–H and O–H groups in total. The Morgan fingerprint density at radius 1 is 1.30 bits per heavy atom. The molecule has 2 aliphatic heterocycles. The van der Waals surface area contributed by atoms with E-state index in [-0.39, 0.29) is 29.8 Å². The maximum Gasteiger partial charge on any atom is 0.255 e. The predicted molar refractivity (Wildman–Crippen MR) is 84.9 cm³/mol. The quantitative estimate of drug-likeness (QED) is 0.905. The van der Waals surface area contributed by atoms with Crippen molar-refractivity contribution in [3.8, 4) is 0 Å². The predicted octanol–water partition coefficient (Wildman–Crippen LogP) is 1.48. The molecule has 6 nitrogen and oxygen atoms in total. The van der Waals surface area contributed by atoms with Crippen molar-refractivity contribution in [2.24, 2.45) is 17.6 Å². The lowest BCUT2D eigenvalue weighted by Crippen LogP contribution is -2.44. The molecule has 0 unspecified atom stereocenters. The van der Waals surface area contributed by atoms with E-state index in [0.29, 0.717) is 36.7 Å². The first-order valence-corrected chi connectivity index (χ1v) is 8.25. The second kappa shape index (κ2) is 6.84. The number of hydrogen-bond acceptors (Lipinski definition) is 4. The van der Waals surface area contributed by atoms with Gasteiger partial charge in [-0.15, -0.1) is 0 Å². The molecule has 3 heterocycles. The number of amides is 2. The Balaban J connectivity index is 1.61. The molecule has 0 aromatic carbocycles. The number of nitrogens with zero attached hydrogens (tertiary/aromatic N) is 2. The fourth-order valence-electron chi connectivity index (χ4n) is 3.53. The van der Waals surface area contributed by atoms with E-state index in [0.717, 1.165) is 12.8 Å². The monoisotopic (exact) mass is 337 g/mol. The molecule has 124 valence electrons. The van der Waals surface area contributed by atoms with Crippen LogP contribution in [0.15, 0.2) is 18.5 Å². The number of carbonyl (C=O) groups is 2. The molecule has 2 fully saturated rings. The Morgan fingerprint density at radius 2 is 2.04 bits per heavy atom. The minimum Gasteiger partial charge on any atom is -0.377 e. The Kier molecular flexibility index (Phi) is 4.82. The number of pyridine rings is 1. The maximum absolute atomic E-state index is 12.5. The van der Waals surface area contributed by atoms with Crippen LogP contribution in [0.25, 0.3) is 0 Å². The van der Waals surface area contributed by atoms with E-state index in [1.165, 1.54) is 6.20 Å². The molecule has 2 atom stereocenters. The third-order valence-corrected chi connectivity index (χ3v) is 5.10. The van der Waals surface area contributed by atoms with Gasteiger partial charge in [0.15, 0.2) is 0 Å². The summed E-state index contributed by atoms with van der Waals surface area (Å²) in [6.07, 6.45) is 5.26. The molecule has 2 aliphatic rings. The first-order valence-electron chi connectivity index (χ1n) is 7.87. The number of nitrogens with two attached hydrogens (primary N) is 1. The van der Waals surface area contributed by atoms with Crippen LogP contribution in [-0.2, 0) is 9.53 Å². The highest BCUT2D eigenvalue weighted by Gasteiger charge is 2.40. The van der Waals surface area contributed by atoms with E-state index < -0.39 is 0 Å². The average Bonchev–Trinajstić information content (AvgIpc) is 3.05. The van der Waals surface area contributed by atoms with E-state index in [1.54, 1.807) is 17.2 Å². The summed E-state index contributed by atoms with van der Waals surface area (Å²) < 4.78 is 5.73. The number of primary amides is 1. The third kappa shape index (κ3) is 3.33. The highest BCUT2D eigenvalue weighted by molar-refractivity contribution is 6.33. The van der Waals surface area contributed by atoms with Gasteiger partial charge in [-0.25, -0.2) is 0 Å². The van der Waals surface area contributed by atoms with Gasteiger partial charge in [-0.1, -0.05) is 11.6 Å². The molecule has 0 aliphatic carbocycles. The second-order valence-corrected chi connectivity index (χ2v) is 6.53. The molecule has 1 aromatic rings. The number of piperidine rings is 1. The lowest BCUT2D eigenvalue weighted by molar-refractivity contribution is -0.124. The normalized spacial score (nSPS) is 25.5. The van der Waals surface area contributed by atoms with Gasteiger partial charge in [-0.05, 0) is 31.2 Å². The van der Waals surface area contributed by atoms with Crippen LogP contribution in [0.2, 0.25) is 5.02 Å². The SMILES string of the molecule is NC(=O)[C@H]1CCO[C@@H]1C1CCN(C(=O)c2ccncc2Cl)CC1. The number of ether oxygens (including phenoxy) is 1. The van der Waals surface area contributed by atoms with Crippen LogP contribution >= 0.6 is 11.6 Å².